The molecule has 0 radical (unpaired) electrons. The normalized spacial score (nSPS) is 21.1. The third kappa shape index (κ3) is 3.94. The number of fused-ring (bicyclic) bond motifs is 4. The summed E-state index contributed by atoms with van der Waals surface area (Å²) in [4.78, 5) is 17.1. The van der Waals surface area contributed by atoms with Crippen LogP contribution in [-0.4, -0.2) is 80.5 Å². The third-order valence-electron chi connectivity index (χ3n) is 8.23. The number of aromatic nitrogens is 5. The fraction of sp³-hybridized carbons (Fsp3) is 0.321. The Kier molecular flexibility index (Phi) is 5.39. The number of anilines is 3. The van der Waals surface area contributed by atoms with Crippen molar-refractivity contribution in [1.29, 1.82) is 0 Å². The average Bonchev–Trinajstić information content (AvgIpc) is 3.71. The molecule has 0 saturated carbocycles. The first-order chi connectivity index (χ1) is 19.6. The number of rotatable bonds is 7. The van der Waals surface area contributed by atoms with Crippen LogP contribution in [0.25, 0.3) is 27.8 Å². The van der Waals surface area contributed by atoms with Gasteiger partial charge in [-0.3, -0.25) is 4.90 Å². The highest BCUT2D eigenvalue weighted by atomic mass is 19.3. The van der Waals surface area contributed by atoms with Gasteiger partial charge in [0.15, 0.2) is 17.2 Å². The molecule has 3 aliphatic heterocycles. The van der Waals surface area contributed by atoms with Crippen molar-refractivity contribution in [3.05, 3.63) is 61.2 Å². The van der Waals surface area contributed by atoms with Crippen LogP contribution in [0.4, 0.5) is 26.0 Å². The molecule has 3 fully saturated rings. The maximum absolute atomic E-state index is 13.5. The number of H-pyrrole nitrogens is 1. The van der Waals surface area contributed by atoms with E-state index in [9.17, 15) is 8.78 Å². The van der Waals surface area contributed by atoms with E-state index < -0.39 is 6.61 Å². The number of aromatic amines is 1. The lowest BCUT2D eigenvalue weighted by atomic mass is 10.1. The van der Waals surface area contributed by atoms with E-state index in [0.717, 1.165) is 49.2 Å². The molecular weight excluding hydrogens is 518 g/mol. The highest BCUT2D eigenvalue weighted by Gasteiger charge is 2.47. The van der Waals surface area contributed by atoms with Crippen molar-refractivity contribution in [3.8, 4) is 17.0 Å². The topological polar surface area (TPSA) is 95.8 Å². The van der Waals surface area contributed by atoms with Crippen LogP contribution in [0.1, 0.15) is 6.42 Å². The summed E-state index contributed by atoms with van der Waals surface area (Å²) in [5.74, 6) is 0.591. The maximum atomic E-state index is 13.5. The van der Waals surface area contributed by atoms with Crippen molar-refractivity contribution < 1.29 is 18.3 Å². The fourth-order valence-corrected chi connectivity index (χ4v) is 6.27. The fourth-order valence-electron chi connectivity index (χ4n) is 6.27. The second kappa shape index (κ2) is 9.14. The average molecular weight is 545 g/mol. The Morgan fingerprint density at radius 3 is 2.77 bits per heavy atom. The third-order valence-corrected chi connectivity index (χ3v) is 8.23. The Hall–Kier alpha value is -4.29. The molecule has 10 nitrogen and oxygen atoms in total. The lowest BCUT2D eigenvalue weighted by Crippen LogP contribution is -2.56. The van der Waals surface area contributed by atoms with E-state index >= 15 is 0 Å². The molecule has 8 rings (SSSR count). The predicted molar refractivity (Wildman–Crippen MR) is 145 cm³/mol. The molecule has 2 aromatic carbocycles. The SMILES string of the molecule is FC(F)Oc1cc(Nc2nc(-c3ccc4cc[nH]c4c3)cn3ncnc23)ccc1N1CC2CC1CN2C1COC1. The zero-order valence-electron chi connectivity index (χ0n) is 21.4. The van der Waals surface area contributed by atoms with Crippen molar-refractivity contribution in [1.82, 2.24) is 29.5 Å². The van der Waals surface area contributed by atoms with Crippen molar-refractivity contribution >= 4 is 33.7 Å². The van der Waals surface area contributed by atoms with Gasteiger partial charge in [-0.15, -0.1) is 0 Å². The van der Waals surface area contributed by atoms with Gasteiger partial charge >= 0.3 is 6.61 Å². The molecule has 12 heteroatoms. The van der Waals surface area contributed by atoms with E-state index in [1.807, 2.05) is 48.8 Å². The lowest BCUT2D eigenvalue weighted by molar-refractivity contribution is -0.0709. The van der Waals surface area contributed by atoms with E-state index in [1.54, 1.807) is 10.6 Å². The largest absolute Gasteiger partial charge is 0.433 e. The number of halogens is 2. The van der Waals surface area contributed by atoms with Gasteiger partial charge in [0.2, 0.25) is 0 Å². The second-order valence-electron chi connectivity index (χ2n) is 10.6. The number of benzene rings is 2. The molecule has 3 aromatic heterocycles. The Bertz CT molecular complexity index is 1720. The quantitative estimate of drug-likeness (QED) is 0.314. The summed E-state index contributed by atoms with van der Waals surface area (Å²) in [6, 6.07) is 14.5. The zero-order valence-corrected chi connectivity index (χ0v) is 21.4. The number of nitrogens with zero attached hydrogens (tertiary/aromatic N) is 6. The van der Waals surface area contributed by atoms with Gasteiger partial charge < -0.3 is 24.7 Å². The molecule has 2 N–H and O–H groups in total. The minimum absolute atomic E-state index is 0.136. The summed E-state index contributed by atoms with van der Waals surface area (Å²) in [5, 5.41) is 8.68. The number of ether oxygens (including phenoxy) is 2. The monoisotopic (exact) mass is 544 g/mol. The molecule has 2 bridgehead atoms. The van der Waals surface area contributed by atoms with E-state index in [4.69, 9.17) is 14.5 Å². The van der Waals surface area contributed by atoms with Gasteiger partial charge in [0, 0.05) is 54.2 Å². The van der Waals surface area contributed by atoms with Gasteiger partial charge in [0.05, 0.1) is 36.8 Å². The molecule has 204 valence electrons. The molecule has 3 saturated heterocycles. The summed E-state index contributed by atoms with van der Waals surface area (Å²) in [6.07, 6.45) is 6.18. The zero-order chi connectivity index (χ0) is 26.8. The molecule has 5 aromatic rings. The van der Waals surface area contributed by atoms with Gasteiger partial charge in [0.1, 0.15) is 6.33 Å². The van der Waals surface area contributed by atoms with Crippen LogP contribution in [0.5, 0.6) is 5.75 Å². The van der Waals surface area contributed by atoms with Crippen LogP contribution in [0, 0.1) is 0 Å². The number of hydrogen-bond acceptors (Lipinski definition) is 8. The number of piperazine rings is 1. The van der Waals surface area contributed by atoms with Gasteiger partial charge in [-0.2, -0.15) is 13.9 Å². The Balaban J connectivity index is 1.11. The first kappa shape index (κ1) is 23.6. The molecule has 40 heavy (non-hydrogen) atoms. The van der Waals surface area contributed by atoms with Crippen LogP contribution in [0.3, 0.4) is 0 Å². The summed E-state index contributed by atoms with van der Waals surface area (Å²) < 4.78 is 39.1. The first-order valence-electron chi connectivity index (χ1n) is 13.3. The maximum Gasteiger partial charge on any atom is 0.387 e. The van der Waals surface area contributed by atoms with Crippen LogP contribution >= 0.6 is 0 Å². The minimum atomic E-state index is -2.94. The molecular formula is C28H26F2N8O2. The Labute approximate surface area is 227 Å². The summed E-state index contributed by atoms with van der Waals surface area (Å²) >= 11 is 0. The molecule has 0 amide bonds. The molecule has 2 atom stereocenters. The van der Waals surface area contributed by atoms with Crippen molar-refractivity contribution in [2.24, 2.45) is 0 Å². The Morgan fingerprint density at radius 1 is 1.05 bits per heavy atom. The van der Waals surface area contributed by atoms with Crippen LogP contribution in [0.2, 0.25) is 0 Å². The first-order valence-corrected chi connectivity index (χ1v) is 13.3. The number of likely N-dealkylation sites (tertiary alicyclic amines) is 1. The van der Waals surface area contributed by atoms with E-state index in [0.29, 0.717) is 40.6 Å². The minimum Gasteiger partial charge on any atom is -0.433 e. The summed E-state index contributed by atoms with van der Waals surface area (Å²) in [7, 11) is 0. The van der Waals surface area contributed by atoms with Gasteiger partial charge in [-0.1, -0.05) is 12.1 Å². The second-order valence-corrected chi connectivity index (χ2v) is 10.6. The smallest absolute Gasteiger partial charge is 0.387 e. The van der Waals surface area contributed by atoms with Gasteiger partial charge in [-0.25, -0.2) is 14.5 Å². The lowest BCUT2D eigenvalue weighted by Gasteiger charge is -2.43. The van der Waals surface area contributed by atoms with E-state index in [2.05, 4.69) is 30.2 Å². The molecule has 0 aliphatic carbocycles. The van der Waals surface area contributed by atoms with Crippen molar-refractivity contribution in [2.75, 3.05) is 36.5 Å². The van der Waals surface area contributed by atoms with Crippen molar-refractivity contribution in [3.63, 3.8) is 0 Å². The van der Waals surface area contributed by atoms with Gasteiger partial charge in [-0.05, 0) is 36.1 Å². The number of hydrogen-bond donors (Lipinski definition) is 2. The van der Waals surface area contributed by atoms with E-state index in [-0.39, 0.29) is 11.8 Å². The highest BCUT2D eigenvalue weighted by Crippen LogP contribution is 2.42. The van der Waals surface area contributed by atoms with Crippen molar-refractivity contribution in [2.45, 2.75) is 31.2 Å². The van der Waals surface area contributed by atoms with Gasteiger partial charge in [0.25, 0.3) is 0 Å². The van der Waals surface area contributed by atoms with E-state index in [1.165, 1.54) is 6.33 Å². The number of nitrogens with one attached hydrogen (secondary N) is 2. The molecule has 6 heterocycles. The molecule has 2 unspecified atom stereocenters. The summed E-state index contributed by atoms with van der Waals surface area (Å²) in [5.41, 5.74) is 4.34. The molecule has 3 aliphatic rings. The number of alkyl halides is 2. The summed E-state index contributed by atoms with van der Waals surface area (Å²) in [6.45, 7) is 0.298. The Morgan fingerprint density at radius 2 is 1.98 bits per heavy atom. The van der Waals surface area contributed by atoms with Crippen LogP contribution in [0.15, 0.2) is 61.2 Å². The standard InChI is InChI=1S/C28H26F2N8O2/c29-28(30)40-25-8-18(3-4-24(25)37-11-19-9-20(37)10-36(19)21-13-39-14-21)34-26-27-32-15-33-38(27)12-23(35-26)17-2-1-16-5-6-31-22(16)7-17/h1-8,12,15,19-21,28,31H,9-11,13-14H2,(H,34,35). The predicted octanol–water partition coefficient (Wildman–Crippen LogP) is 4.28. The molecule has 0 spiro atoms. The van der Waals surface area contributed by atoms with Crippen LogP contribution < -0.4 is 15.0 Å². The highest BCUT2D eigenvalue weighted by molar-refractivity contribution is 5.85. The van der Waals surface area contributed by atoms with Crippen LogP contribution in [-0.2, 0) is 4.74 Å².